The summed E-state index contributed by atoms with van der Waals surface area (Å²) in [6.45, 7) is 7.18. The van der Waals surface area contributed by atoms with E-state index in [1.165, 1.54) is 11.9 Å². The van der Waals surface area contributed by atoms with Gasteiger partial charge in [-0.1, -0.05) is 0 Å². The van der Waals surface area contributed by atoms with E-state index in [1.807, 2.05) is 13.0 Å². The largest absolute Gasteiger partial charge is 0.444 e. The summed E-state index contributed by atoms with van der Waals surface area (Å²) in [5.74, 6) is -0.211. The van der Waals surface area contributed by atoms with E-state index in [0.717, 1.165) is 5.56 Å². The van der Waals surface area contributed by atoms with Crippen LogP contribution in [0.4, 0.5) is 4.79 Å². The zero-order valence-corrected chi connectivity index (χ0v) is 12.1. The third-order valence-corrected chi connectivity index (χ3v) is 2.29. The van der Waals surface area contributed by atoms with E-state index in [1.54, 1.807) is 33.0 Å². The number of nitrogens with zero attached hydrogens (tertiary/aromatic N) is 2. The Hall–Kier alpha value is -1.91. The van der Waals surface area contributed by atoms with Crippen LogP contribution in [0.3, 0.4) is 0 Å². The molecule has 5 heteroatoms. The molecule has 0 radical (unpaired) electrons. The van der Waals surface area contributed by atoms with Crippen molar-refractivity contribution in [3.8, 4) is 0 Å². The summed E-state index contributed by atoms with van der Waals surface area (Å²) in [6, 6.07) is 3.51. The zero-order chi connectivity index (χ0) is 14.6. The van der Waals surface area contributed by atoms with Crippen LogP contribution in [0, 0.1) is 6.92 Å². The summed E-state index contributed by atoms with van der Waals surface area (Å²) >= 11 is 0. The predicted molar refractivity (Wildman–Crippen MR) is 72.2 cm³/mol. The summed E-state index contributed by atoms with van der Waals surface area (Å²) in [7, 11) is 1.53. The molecule has 0 atom stereocenters. The van der Waals surface area contributed by atoms with Gasteiger partial charge in [0.2, 0.25) is 5.78 Å². The number of ketones is 1. The molecule has 104 valence electrons. The van der Waals surface area contributed by atoms with Crippen molar-refractivity contribution in [1.82, 2.24) is 9.88 Å². The van der Waals surface area contributed by atoms with Gasteiger partial charge in [0.25, 0.3) is 0 Å². The number of carbonyl (C=O) groups excluding carboxylic acids is 2. The van der Waals surface area contributed by atoms with Gasteiger partial charge in [-0.05, 0) is 45.4 Å². The molecule has 0 aliphatic heterocycles. The molecule has 0 unspecified atom stereocenters. The molecule has 5 nitrogen and oxygen atoms in total. The normalized spacial score (nSPS) is 11.0. The minimum Gasteiger partial charge on any atom is -0.444 e. The van der Waals surface area contributed by atoms with Crippen molar-refractivity contribution in [2.24, 2.45) is 0 Å². The zero-order valence-electron chi connectivity index (χ0n) is 12.1. The molecule has 0 saturated heterocycles. The summed E-state index contributed by atoms with van der Waals surface area (Å²) < 4.78 is 5.17. The lowest BCUT2D eigenvalue weighted by Gasteiger charge is -2.24. The van der Waals surface area contributed by atoms with E-state index in [4.69, 9.17) is 4.74 Å². The fourth-order valence-corrected chi connectivity index (χ4v) is 1.39. The second-order valence-corrected chi connectivity index (χ2v) is 5.48. The topological polar surface area (TPSA) is 59.5 Å². The van der Waals surface area contributed by atoms with Gasteiger partial charge in [-0.25, -0.2) is 4.79 Å². The van der Waals surface area contributed by atoms with Gasteiger partial charge in [-0.2, -0.15) is 0 Å². The Morgan fingerprint density at radius 2 is 2.00 bits per heavy atom. The van der Waals surface area contributed by atoms with Crippen molar-refractivity contribution >= 4 is 11.9 Å². The number of hydrogen-bond donors (Lipinski definition) is 0. The molecule has 0 fully saturated rings. The number of amides is 1. The van der Waals surface area contributed by atoms with Crippen molar-refractivity contribution in [2.45, 2.75) is 33.3 Å². The summed E-state index contributed by atoms with van der Waals surface area (Å²) in [4.78, 5) is 28.9. The van der Waals surface area contributed by atoms with Crippen LogP contribution in [0.25, 0.3) is 0 Å². The minimum absolute atomic E-state index is 0.0502. The smallest absolute Gasteiger partial charge is 0.410 e. The molecule has 0 aromatic carbocycles. The third kappa shape index (κ3) is 5.07. The first kappa shape index (κ1) is 15.1. The van der Waals surface area contributed by atoms with E-state index in [9.17, 15) is 9.59 Å². The molecule has 0 aliphatic carbocycles. The first-order valence-corrected chi connectivity index (χ1v) is 6.09. The Labute approximate surface area is 113 Å². The van der Waals surface area contributed by atoms with Crippen molar-refractivity contribution < 1.29 is 14.3 Å². The lowest BCUT2D eigenvalue weighted by atomic mass is 10.2. The number of aryl methyl sites for hydroxylation is 1. The Morgan fingerprint density at radius 3 is 2.53 bits per heavy atom. The summed E-state index contributed by atoms with van der Waals surface area (Å²) in [5.41, 5.74) is 0.740. The fraction of sp³-hybridized carbons (Fsp3) is 0.500. The number of carbonyl (C=O) groups is 2. The number of aromatic nitrogens is 1. The van der Waals surface area contributed by atoms with Crippen LogP contribution < -0.4 is 0 Å². The lowest BCUT2D eigenvalue weighted by Crippen LogP contribution is -2.37. The van der Waals surface area contributed by atoms with Gasteiger partial charge >= 0.3 is 6.09 Å². The van der Waals surface area contributed by atoms with Crippen LogP contribution >= 0.6 is 0 Å². The second kappa shape index (κ2) is 5.82. The molecular weight excluding hydrogens is 244 g/mol. The number of hydrogen-bond acceptors (Lipinski definition) is 4. The van der Waals surface area contributed by atoms with E-state index in [2.05, 4.69) is 4.98 Å². The minimum atomic E-state index is -0.573. The molecule has 0 aliphatic rings. The average Bonchev–Trinajstić information content (AvgIpc) is 2.26. The highest BCUT2D eigenvalue weighted by Crippen LogP contribution is 2.09. The quantitative estimate of drug-likeness (QED) is 0.787. The summed E-state index contributed by atoms with van der Waals surface area (Å²) in [6.07, 6.45) is 1.06. The monoisotopic (exact) mass is 264 g/mol. The Kier molecular flexibility index (Phi) is 4.64. The molecule has 1 heterocycles. The highest BCUT2D eigenvalue weighted by Gasteiger charge is 2.21. The van der Waals surface area contributed by atoms with Gasteiger partial charge in [-0.15, -0.1) is 0 Å². The average molecular weight is 264 g/mol. The predicted octanol–water partition coefficient (Wildman–Crippen LogP) is 2.44. The maximum atomic E-state index is 12.0. The van der Waals surface area contributed by atoms with E-state index in [-0.39, 0.29) is 12.3 Å². The van der Waals surface area contributed by atoms with Crippen molar-refractivity contribution in [1.29, 1.82) is 0 Å². The highest BCUT2D eigenvalue weighted by molar-refractivity contribution is 5.97. The van der Waals surface area contributed by atoms with E-state index in [0.29, 0.717) is 5.69 Å². The van der Waals surface area contributed by atoms with E-state index < -0.39 is 11.7 Å². The fourth-order valence-electron chi connectivity index (χ4n) is 1.39. The van der Waals surface area contributed by atoms with Crippen LogP contribution in [0.2, 0.25) is 0 Å². The Balaban J connectivity index is 2.64. The van der Waals surface area contributed by atoms with Crippen molar-refractivity contribution in [3.05, 3.63) is 29.6 Å². The molecule has 0 saturated carbocycles. The third-order valence-electron chi connectivity index (χ3n) is 2.29. The van der Waals surface area contributed by atoms with Gasteiger partial charge < -0.3 is 9.64 Å². The molecule has 0 N–H and O–H groups in total. The molecule has 1 rings (SSSR count). The number of likely N-dealkylation sites (N-methyl/N-ethyl adjacent to an activating group) is 1. The number of rotatable bonds is 3. The van der Waals surface area contributed by atoms with Gasteiger partial charge in [0.1, 0.15) is 11.3 Å². The molecule has 0 spiro atoms. The Morgan fingerprint density at radius 1 is 1.37 bits per heavy atom. The molecule has 1 aromatic rings. The van der Waals surface area contributed by atoms with Gasteiger partial charge in [0.05, 0.1) is 6.54 Å². The number of ether oxygens (including phenoxy) is 1. The molecule has 1 aromatic heterocycles. The molecule has 0 bridgehead atoms. The van der Waals surface area contributed by atoms with Gasteiger partial charge in [0.15, 0.2) is 0 Å². The summed E-state index contributed by atoms with van der Waals surface area (Å²) in [5, 5.41) is 0. The van der Waals surface area contributed by atoms with Crippen LogP contribution in [0.15, 0.2) is 18.3 Å². The second-order valence-electron chi connectivity index (χ2n) is 5.48. The maximum absolute atomic E-state index is 12.0. The van der Waals surface area contributed by atoms with Crippen LogP contribution in [-0.4, -0.2) is 41.0 Å². The van der Waals surface area contributed by atoms with Gasteiger partial charge in [-0.3, -0.25) is 9.78 Å². The van der Waals surface area contributed by atoms with Crippen LogP contribution in [0.1, 0.15) is 36.8 Å². The first-order chi connectivity index (χ1) is 8.69. The Bertz CT molecular complexity index is 478. The van der Waals surface area contributed by atoms with Crippen molar-refractivity contribution in [3.63, 3.8) is 0 Å². The van der Waals surface area contributed by atoms with Gasteiger partial charge in [0, 0.05) is 13.2 Å². The SMILES string of the molecule is Cc1ccnc(C(=O)CN(C)C(=O)OC(C)(C)C)c1. The van der Waals surface area contributed by atoms with E-state index >= 15 is 0 Å². The lowest BCUT2D eigenvalue weighted by molar-refractivity contribution is 0.0294. The maximum Gasteiger partial charge on any atom is 0.410 e. The van der Waals surface area contributed by atoms with Crippen LogP contribution in [0.5, 0.6) is 0 Å². The number of Topliss-reactive ketones (excluding diaryl/α,β-unsaturated/α-hetero) is 1. The molecular formula is C14H20N2O3. The standard InChI is InChI=1S/C14H20N2O3/c1-10-6-7-15-11(8-10)12(17)9-16(5)13(18)19-14(2,3)4/h6-8H,9H2,1-5H3. The first-order valence-electron chi connectivity index (χ1n) is 6.09. The molecule has 1 amide bonds. The molecule has 19 heavy (non-hydrogen) atoms. The van der Waals surface area contributed by atoms with Crippen LogP contribution in [-0.2, 0) is 4.74 Å². The van der Waals surface area contributed by atoms with Crippen molar-refractivity contribution in [2.75, 3.05) is 13.6 Å². The highest BCUT2D eigenvalue weighted by atomic mass is 16.6. The number of pyridine rings is 1.